The van der Waals surface area contributed by atoms with E-state index < -0.39 is 5.54 Å². The zero-order valence-corrected chi connectivity index (χ0v) is 9.58. The van der Waals surface area contributed by atoms with Gasteiger partial charge in [-0.05, 0) is 31.0 Å². The van der Waals surface area contributed by atoms with Crippen molar-refractivity contribution < 1.29 is 14.2 Å². The molecule has 1 saturated heterocycles. The van der Waals surface area contributed by atoms with E-state index in [0.717, 1.165) is 0 Å². The summed E-state index contributed by atoms with van der Waals surface area (Å²) in [5.74, 6) is -0.346. The van der Waals surface area contributed by atoms with Crippen LogP contribution in [0.15, 0.2) is 18.2 Å². The van der Waals surface area contributed by atoms with Crippen LogP contribution in [0.5, 0.6) is 0 Å². The van der Waals surface area contributed by atoms with Crippen LogP contribution in [0.1, 0.15) is 12.8 Å². The molecule has 4 N–H and O–H groups in total. The lowest BCUT2D eigenvalue weighted by molar-refractivity contribution is 0.0380. The lowest BCUT2D eigenvalue weighted by atomic mass is 9.90. The summed E-state index contributed by atoms with van der Waals surface area (Å²) in [7, 11) is 0. The molecule has 4 nitrogen and oxygen atoms in total. The Morgan fingerprint density at radius 3 is 2.76 bits per heavy atom. The Kier molecular flexibility index (Phi) is 3.49. The average molecular weight is 240 g/mol. The fourth-order valence-corrected chi connectivity index (χ4v) is 2.01. The van der Waals surface area contributed by atoms with Gasteiger partial charge in [0.1, 0.15) is 5.82 Å². The normalized spacial score (nSPS) is 18.9. The summed E-state index contributed by atoms with van der Waals surface area (Å²) in [6, 6.07) is 4.18. The average Bonchev–Trinajstić information content (AvgIpc) is 2.35. The number of ether oxygens (including phenoxy) is 1. The van der Waals surface area contributed by atoms with Crippen molar-refractivity contribution >= 4 is 11.4 Å². The number of hydrogen-bond acceptors (Lipinski definition) is 4. The van der Waals surface area contributed by atoms with Crippen molar-refractivity contribution in [2.24, 2.45) is 0 Å². The second-order valence-electron chi connectivity index (χ2n) is 4.41. The highest BCUT2D eigenvalue weighted by atomic mass is 19.1. The molecule has 0 amide bonds. The lowest BCUT2D eigenvalue weighted by Gasteiger charge is -2.37. The number of rotatable bonds is 3. The van der Waals surface area contributed by atoms with E-state index in [1.54, 1.807) is 0 Å². The van der Waals surface area contributed by atoms with Gasteiger partial charge in [0.05, 0.1) is 23.5 Å². The van der Waals surface area contributed by atoms with Crippen molar-refractivity contribution in [1.82, 2.24) is 0 Å². The molecule has 5 heteroatoms. The molecule has 17 heavy (non-hydrogen) atoms. The van der Waals surface area contributed by atoms with Crippen LogP contribution in [-0.2, 0) is 4.74 Å². The van der Waals surface area contributed by atoms with Crippen LogP contribution in [0.25, 0.3) is 0 Å². The summed E-state index contributed by atoms with van der Waals surface area (Å²) in [5.41, 5.74) is 6.33. The van der Waals surface area contributed by atoms with E-state index in [2.05, 4.69) is 5.32 Å². The van der Waals surface area contributed by atoms with E-state index in [1.165, 1.54) is 18.2 Å². The van der Waals surface area contributed by atoms with Gasteiger partial charge in [-0.2, -0.15) is 0 Å². The zero-order valence-electron chi connectivity index (χ0n) is 9.58. The Labute approximate surface area is 99.6 Å². The molecular formula is C12H17FN2O2. The molecule has 0 unspecified atom stereocenters. The summed E-state index contributed by atoms with van der Waals surface area (Å²) >= 11 is 0. The standard InChI is InChI=1S/C12H17FN2O2/c13-9-1-2-10(14)11(7-9)15-12(8-16)3-5-17-6-4-12/h1-2,7,15-16H,3-6,8,14H2. The van der Waals surface area contributed by atoms with Crippen molar-refractivity contribution in [3.63, 3.8) is 0 Å². The molecule has 0 atom stereocenters. The summed E-state index contributed by atoms with van der Waals surface area (Å²) in [5, 5.41) is 12.7. The summed E-state index contributed by atoms with van der Waals surface area (Å²) in [6.45, 7) is 1.15. The van der Waals surface area contributed by atoms with Gasteiger partial charge in [0.2, 0.25) is 0 Å². The van der Waals surface area contributed by atoms with Gasteiger partial charge in [0.25, 0.3) is 0 Å². The van der Waals surface area contributed by atoms with Crippen LogP contribution in [0.4, 0.5) is 15.8 Å². The fraction of sp³-hybridized carbons (Fsp3) is 0.500. The molecule has 94 valence electrons. The minimum Gasteiger partial charge on any atom is -0.397 e. The molecule has 1 aromatic rings. The lowest BCUT2D eigenvalue weighted by Crippen LogP contribution is -2.47. The van der Waals surface area contributed by atoms with Crippen molar-refractivity contribution in [2.75, 3.05) is 30.9 Å². The van der Waals surface area contributed by atoms with Gasteiger partial charge >= 0.3 is 0 Å². The van der Waals surface area contributed by atoms with Gasteiger partial charge in [0.15, 0.2) is 0 Å². The third-order valence-corrected chi connectivity index (χ3v) is 3.17. The van der Waals surface area contributed by atoms with Crippen LogP contribution in [0.2, 0.25) is 0 Å². The molecule has 1 aromatic carbocycles. The largest absolute Gasteiger partial charge is 0.397 e. The van der Waals surface area contributed by atoms with Crippen molar-refractivity contribution in [1.29, 1.82) is 0 Å². The zero-order chi connectivity index (χ0) is 12.3. The van der Waals surface area contributed by atoms with Gasteiger partial charge in [-0.15, -0.1) is 0 Å². The first kappa shape index (κ1) is 12.1. The van der Waals surface area contributed by atoms with E-state index in [-0.39, 0.29) is 12.4 Å². The molecule has 0 radical (unpaired) electrons. The molecule has 0 spiro atoms. The number of nitrogen functional groups attached to an aromatic ring is 1. The molecule has 0 aliphatic carbocycles. The number of halogens is 1. The molecule has 1 aliphatic rings. The minimum atomic E-state index is -0.458. The van der Waals surface area contributed by atoms with E-state index in [1.807, 2.05) is 0 Å². The van der Waals surface area contributed by atoms with Gasteiger partial charge in [-0.25, -0.2) is 4.39 Å². The number of anilines is 2. The smallest absolute Gasteiger partial charge is 0.125 e. The van der Waals surface area contributed by atoms with Crippen molar-refractivity contribution in [2.45, 2.75) is 18.4 Å². The monoisotopic (exact) mass is 240 g/mol. The SMILES string of the molecule is Nc1ccc(F)cc1NC1(CO)CCOCC1. The van der Waals surface area contributed by atoms with Gasteiger partial charge in [0, 0.05) is 13.2 Å². The third kappa shape index (κ3) is 2.68. The maximum Gasteiger partial charge on any atom is 0.125 e. The highest BCUT2D eigenvalue weighted by Gasteiger charge is 2.32. The number of nitrogens with two attached hydrogens (primary N) is 1. The van der Waals surface area contributed by atoms with E-state index in [9.17, 15) is 9.50 Å². The van der Waals surface area contributed by atoms with Crippen LogP contribution in [-0.4, -0.2) is 30.5 Å². The number of aliphatic hydroxyl groups excluding tert-OH is 1. The topological polar surface area (TPSA) is 67.5 Å². The van der Waals surface area contributed by atoms with Gasteiger partial charge in [-0.3, -0.25) is 0 Å². The number of hydrogen-bond donors (Lipinski definition) is 3. The Morgan fingerprint density at radius 1 is 1.41 bits per heavy atom. The summed E-state index contributed by atoms with van der Waals surface area (Å²) in [4.78, 5) is 0. The second kappa shape index (κ2) is 4.89. The maximum absolute atomic E-state index is 13.1. The van der Waals surface area contributed by atoms with E-state index in [0.29, 0.717) is 37.4 Å². The number of nitrogens with one attached hydrogen (secondary N) is 1. The minimum absolute atomic E-state index is 0.0215. The maximum atomic E-state index is 13.1. The second-order valence-corrected chi connectivity index (χ2v) is 4.41. The highest BCUT2D eigenvalue weighted by molar-refractivity contribution is 5.67. The van der Waals surface area contributed by atoms with Crippen molar-refractivity contribution in [3.05, 3.63) is 24.0 Å². The van der Waals surface area contributed by atoms with Crippen molar-refractivity contribution in [3.8, 4) is 0 Å². The number of benzene rings is 1. The van der Waals surface area contributed by atoms with Crippen LogP contribution in [0, 0.1) is 5.82 Å². The van der Waals surface area contributed by atoms with E-state index >= 15 is 0 Å². The Morgan fingerprint density at radius 2 is 2.12 bits per heavy atom. The third-order valence-electron chi connectivity index (χ3n) is 3.17. The van der Waals surface area contributed by atoms with Crippen LogP contribution >= 0.6 is 0 Å². The fourth-order valence-electron chi connectivity index (χ4n) is 2.01. The molecule has 0 saturated carbocycles. The first-order valence-corrected chi connectivity index (χ1v) is 5.67. The highest BCUT2D eigenvalue weighted by Crippen LogP contribution is 2.29. The first-order chi connectivity index (χ1) is 8.15. The molecule has 1 heterocycles. The molecule has 0 bridgehead atoms. The Bertz CT molecular complexity index is 392. The molecule has 1 aliphatic heterocycles. The summed E-state index contributed by atoms with van der Waals surface area (Å²) < 4.78 is 18.4. The number of aliphatic hydroxyl groups is 1. The van der Waals surface area contributed by atoms with Gasteiger partial charge < -0.3 is 20.9 Å². The Hall–Kier alpha value is -1.33. The quantitative estimate of drug-likeness (QED) is 0.698. The van der Waals surface area contributed by atoms with E-state index in [4.69, 9.17) is 10.5 Å². The van der Waals surface area contributed by atoms with Crippen LogP contribution < -0.4 is 11.1 Å². The van der Waals surface area contributed by atoms with Gasteiger partial charge in [-0.1, -0.05) is 0 Å². The predicted octanol–water partition coefficient (Wildman–Crippen LogP) is 1.36. The molecule has 1 fully saturated rings. The molecule has 2 rings (SSSR count). The molecule has 0 aromatic heterocycles. The predicted molar refractivity (Wildman–Crippen MR) is 64.3 cm³/mol. The summed E-state index contributed by atoms with van der Waals surface area (Å²) in [6.07, 6.45) is 1.36. The van der Waals surface area contributed by atoms with Crippen LogP contribution in [0.3, 0.4) is 0 Å². The first-order valence-electron chi connectivity index (χ1n) is 5.67. The Balaban J connectivity index is 2.20. The molecular weight excluding hydrogens is 223 g/mol.